The summed E-state index contributed by atoms with van der Waals surface area (Å²) in [6.07, 6.45) is 2.28. The topological polar surface area (TPSA) is 12.0 Å². The molecule has 0 aliphatic carbocycles. The lowest BCUT2D eigenvalue weighted by atomic mass is 9.90. The molecule has 0 amide bonds. The van der Waals surface area contributed by atoms with Crippen molar-refractivity contribution in [2.24, 2.45) is 0 Å². The summed E-state index contributed by atoms with van der Waals surface area (Å²) in [6.45, 7) is 3.28. The molecular weight excluding hydrogens is 229 g/mol. The number of nitrogens with one attached hydrogen (secondary N) is 1. The summed E-state index contributed by atoms with van der Waals surface area (Å²) < 4.78 is 0. The molecule has 0 saturated carbocycles. The van der Waals surface area contributed by atoms with Crippen molar-refractivity contribution < 1.29 is 0 Å². The monoisotopic (exact) mass is 243 g/mol. The quantitative estimate of drug-likeness (QED) is 0.833. The highest BCUT2D eigenvalue weighted by Gasteiger charge is 2.28. The maximum Gasteiger partial charge on any atom is 0.0442 e. The van der Waals surface area contributed by atoms with E-state index in [1.54, 1.807) is 0 Å². The Morgan fingerprint density at radius 2 is 2.20 bits per heavy atom. The normalized spacial score (nSPS) is 25.8. The molecule has 1 aromatic rings. The van der Waals surface area contributed by atoms with Crippen LogP contribution in [0, 0.1) is 0 Å². The molecule has 1 fully saturated rings. The van der Waals surface area contributed by atoms with Crippen molar-refractivity contribution in [1.29, 1.82) is 0 Å². The fourth-order valence-electron chi connectivity index (χ4n) is 2.37. The van der Waals surface area contributed by atoms with Gasteiger partial charge in [0, 0.05) is 22.0 Å². The van der Waals surface area contributed by atoms with Crippen molar-refractivity contribution >= 4 is 23.2 Å². The first-order valence-corrected chi connectivity index (χ1v) is 6.16. The number of halogens is 2. The van der Waals surface area contributed by atoms with Crippen LogP contribution in [-0.2, 0) is 0 Å². The van der Waals surface area contributed by atoms with Gasteiger partial charge >= 0.3 is 0 Å². The minimum atomic E-state index is 0.515. The van der Waals surface area contributed by atoms with Crippen LogP contribution in [-0.4, -0.2) is 12.6 Å². The largest absolute Gasteiger partial charge is 0.313 e. The second kappa shape index (κ2) is 4.73. The van der Waals surface area contributed by atoms with E-state index in [1.165, 1.54) is 5.56 Å². The van der Waals surface area contributed by atoms with Crippen molar-refractivity contribution in [3.05, 3.63) is 33.8 Å². The van der Waals surface area contributed by atoms with Gasteiger partial charge in [0.25, 0.3) is 0 Å². The van der Waals surface area contributed by atoms with Gasteiger partial charge in [0.1, 0.15) is 0 Å². The molecule has 0 bridgehead atoms. The minimum Gasteiger partial charge on any atom is -0.313 e. The van der Waals surface area contributed by atoms with Crippen molar-refractivity contribution in [2.75, 3.05) is 6.54 Å². The first kappa shape index (κ1) is 11.3. The van der Waals surface area contributed by atoms with Crippen LogP contribution in [0.25, 0.3) is 0 Å². The predicted octanol–water partition coefficient (Wildman–Crippen LogP) is 3.85. The highest BCUT2D eigenvalue weighted by Crippen LogP contribution is 2.35. The molecule has 82 valence electrons. The van der Waals surface area contributed by atoms with Gasteiger partial charge in [0.15, 0.2) is 0 Å². The Hall–Kier alpha value is -0.240. The molecule has 1 N–H and O–H groups in total. The van der Waals surface area contributed by atoms with Gasteiger partial charge in [-0.2, -0.15) is 0 Å². The van der Waals surface area contributed by atoms with Crippen LogP contribution in [0.1, 0.15) is 31.2 Å². The zero-order chi connectivity index (χ0) is 10.8. The van der Waals surface area contributed by atoms with Gasteiger partial charge in [-0.15, -0.1) is 0 Å². The van der Waals surface area contributed by atoms with Gasteiger partial charge in [-0.05, 0) is 43.1 Å². The zero-order valence-corrected chi connectivity index (χ0v) is 10.3. The van der Waals surface area contributed by atoms with Gasteiger partial charge < -0.3 is 5.32 Å². The Labute approximate surface area is 101 Å². The second-order valence-electron chi connectivity index (χ2n) is 4.03. The summed E-state index contributed by atoms with van der Waals surface area (Å²) in [7, 11) is 0. The fourth-order valence-corrected chi connectivity index (χ4v) is 2.81. The van der Waals surface area contributed by atoms with E-state index in [1.807, 2.05) is 18.2 Å². The third kappa shape index (κ3) is 2.30. The lowest BCUT2D eigenvalue weighted by Crippen LogP contribution is -2.24. The smallest absolute Gasteiger partial charge is 0.0442 e. The first-order valence-electron chi connectivity index (χ1n) is 5.40. The van der Waals surface area contributed by atoms with E-state index in [0.29, 0.717) is 12.0 Å². The van der Waals surface area contributed by atoms with Crippen LogP contribution in [0.4, 0.5) is 0 Å². The minimum absolute atomic E-state index is 0.515. The Morgan fingerprint density at radius 1 is 1.40 bits per heavy atom. The van der Waals surface area contributed by atoms with Gasteiger partial charge in [-0.3, -0.25) is 0 Å². The summed E-state index contributed by atoms with van der Waals surface area (Å²) in [6, 6.07) is 6.28. The number of benzene rings is 1. The van der Waals surface area contributed by atoms with Gasteiger partial charge in [-0.1, -0.05) is 30.1 Å². The molecule has 0 radical (unpaired) electrons. The number of hydrogen-bond donors (Lipinski definition) is 1. The van der Waals surface area contributed by atoms with E-state index in [2.05, 4.69) is 12.2 Å². The summed E-state index contributed by atoms with van der Waals surface area (Å²) in [5, 5.41) is 5.11. The molecule has 1 saturated heterocycles. The number of hydrogen-bond acceptors (Lipinski definition) is 1. The summed E-state index contributed by atoms with van der Waals surface area (Å²) in [4.78, 5) is 0. The average molecular weight is 244 g/mol. The molecule has 2 rings (SSSR count). The van der Waals surface area contributed by atoms with Crippen molar-refractivity contribution in [3.63, 3.8) is 0 Å². The van der Waals surface area contributed by atoms with Crippen LogP contribution in [0.2, 0.25) is 10.0 Å². The van der Waals surface area contributed by atoms with Gasteiger partial charge in [0.2, 0.25) is 0 Å². The Kier molecular flexibility index (Phi) is 3.55. The average Bonchev–Trinajstić information content (AvgIpc) is 2.69. The van der Waals surface area contributed by atoms with Crippen LogP contribution in [0.5, 0.6) is 0 Å². The molecule has 2 atom stereocenters. The summed E-state index contributed by atoms with van der Waals surface area (Å²) in [5.74, 6) is 0.515. The van der Waals surface area contributed by atoms with E-state index in [0.717, 1.165) is 29.4 Å². The standard InChI is InChI=1S/C12H15Cl2N/c1-2-12-9(5-6-15-12)10-7-8(13)3-4-11(10)14/h3-4,7,9,12,15H,2,5-6H2,1H3. The van der Waals surface area contributed by atoms with Crippen LogP contribution in [0.15, 0.2) is 18.2 Å². The van der Waals surface area contributed by atoms with Crippen LogP contribution < -0.4 is 5.32 Å². The third-order valence-electron chi connectivity index (χ3n) is 3.14. The summed E-state index contributed by atoms with van der Waals surface area (Å²) >= 11 is 12.2. The molecule has 1 aliphatic heterocycles. The van der Waals surface area contributed by atoms with Crippen LogP contribution >= 0.6 is 23.2 Å². The highest BCUT2D eigenvalue weighted by atomic mass is 35.5. The third-order valence-corrected chi connectivity index (χ3v) is 3.72. The molecule has 0 aromatic heterocycles. The predicted molar refractivity (Wildman–Crippen MR) is 65.9 cm³/mol. The Balaban J connectivity index is 2.31. The fraction of sp³-hybridized carbons (Fsp3) is 0.500. The van der Waals surface area contributed by atoms with E-state index in [9.17, 15) is 0 Å². The maximum atomic E-state index is 6.21. The molecule has 3 heteroatoms. The second-order valence-corrected chi connectivity index (χ2v) is 4.87. The van der Waals surface area contributed by atoms with Crippen molar-refractivity contribution in [3.8, 4) is 0 Å². The van der Waals surface area contributed by atoms with Gasteiger partial charge in [-0.25, -0.2) is 0 Å². The lowest BCUT2D eigenvalue weighted by Gasteiger charge is -2.19. The SMILES string of the molecule is CCC1NCCC1c1cc(Cl)ccc1Cl. The molecule has 2 unspecified atom stereocenters. The molecule has 1 aliphatic rings. The van der Waals surface area contributed by atoms with Crippen LogP contribution in [0.3, 0.4) is 0 Å². The Morgan fingerprint density at radius 3 is 2.93 bits per heavy atom. The molecule has 0 spiro atoms. The van der Waals surface area contributed by atoms with Crippen molar-refractivity contribution in [1.82, 2.24) is 5.32 Å². The van der Waals surface area contributed by atoms with E-state index < -0.39 is 0 Å². The van der Waals surface area contributed by atoms with E-state index in [-0.39, 0.29) is 0 Å². The molecule has 15 heavy (non-hydrogen) atoms. The molecular formula is C12H15Cl2N. The summed E-state index contributed by atoms with van der Waals surface area (Å²) in [5.41, 5.74) is 1.20. The van der Waals surface area contributed by atoms with Crippen molar-refractivity contribution in [2.45, 2.75) is 31.7 Å². The molecule has 1 heterocycles. The zero-order valence-electron chi connectivity index (χ0n) is 8.76. The Bertz CT molecular complexity index is 351. The van der Waals surface area contributed by atoms with E-state index in [4.69, 9.17) is 23.2 Å². The first-order chi connectivity index (χ1) is 7.22. The molecule has 1 aromatic carbocycles. The molecule has 1 nitrogen and oxygen atoms in total. The van der Waals surface area contributed by atoms with E-state index >= 15 is 0 Å². The lowest BCUT2D eigenvalue weighted by molar-refractivity contribution is 0.532. The number of rotatable bonds is 2. The maximum absolute atomic E-state index is 6.21. The highest BCUT2D eigenvalue weighted by molar-refractivity contribution is 6.33. The van der Waals surface area contributed by atoms with Gasteiger partial charge in [0.05, 0.1) is 0 Å².